The first-order valence-electron chi connectivity index (χ1n) is 6.04. The number of hydrogen-bond donors (Lipinski definition) is 0. The van der Waals surface area contributed by atoms with E-state index in [9.17, 15) is 4.79 Å². The molecule has 0 amide bonds. The monoisotopic (exact) mass is 234 g/mol. The fourth-order valence-electron chi connectivity index (χ4n) is 2.00. The maximum atomic E-state index is 11.4. The fourth-order valence-corrected chi connectivity index (χ4v) is 2.00. The molecule has 1 heterocycles. The van der Waals surface area contributed by atoms with E-state index >= 15 is 0 Å². The Morgan fingerprint density at radius 3 is 2.06 bits per heavy atom. The Kier molecular flexibility index (Phi) is 3.70. The van der Waals surface area contributed by atoms with Gasteiger partial charge in [-0.3, -0.25) is 4.79 Å². The van der Waals surface area contributed by atoms with E-state index in [4.69, 9.17) is 0 Å². The van der Waals surface area contributed by atoms with Gasteiger partial charge in [-0.1, -0.05) is 34.6 Å². The van der Waals surface area contributed by atoms with Crippen molar-refractivity contribution < 1.29 is 4.79 Å². The Morgan fingerprint density at radius 2 is 1.71 bits per heavy atom. The van der Waals surface area contributed by atoms with Crippen LogP contribution in [0, 0.1) is 6.92 Å². The SMILES string of the molecule is CC(=O)c1nc(C)c(C(C)C)c(C(C)(C)C)n1. The molecule has 0 radical (unpaired) electrons. The molecular weight excluding hydrogens is 212 g/mol. The Morgan fingerprint density at radius 1 is 1.18 bits per heavy atom. The highest BCUT2D eigenvalue weighted by molar-refractivity contribution is 5.90. The molecule has 0 bridgehead atoms. The second-order valence-electron chi connectivity index (χ2n) is 5.86. The fraction of sp³-hybridized carbons (Fsp3) is 0.643. The summed E-state index contributed by atoms with van der Waals surface area (Å²) in [6, 6.07) is 0. The molecule has 3 nitrogen and oxygen atoms in total. The summed E-state index contributed by atoms with van der Waals surface area (Å²) in [6.45, 7) is 14.1. The van der Waals surface area contributed by atoms with Crippen LogP contribution in [-0.4, -0.2) is 15.8 Å². The normalized spacial score (nSPS) is 12.0. The third-order valence-corrected chi connectivity index (χ3v) is 2.74. The average Bonchev–Trinajstić information content (AvgIpc) is 2.14. The largest absolute Gasteiger partial charge is 0.291 e. The van der Waals surface area contributed by atoms with E-state index in [-0.39, 0.29) is 11.2 Å². The van der Waals surface area contributed by atoms with E-state index in [0.717, 1.165) is 11.4 Å². The Balaban J connectivity index is 3.57. The Hall–Kier alpha value is -1.25. The van der Waals surface area contributed by atoms with Crippen molar-refractivity contribution >= 4 is 5.78 Å². The summed E-state index contributed by atoms with van der Waals surface area (Å²) in [6.07, 6.45) is 0. The molecule has 0 fully saturated rings. The Labute approximate surface area is 104 Å². The van der Waals surface area contributed by atoms with E-state index in [1.807, 2.05) is 6.92 Å². The van der Waals surface area contributed by atoms with Crippen LogP contribution in [0.2, 0.25) is 0 Å². The predicted octanol–water partition coefficient (Wildman–Crippen LogP) is 3.41. The second kappa shape index (κ2) is 4.55. The van der Waals surface area contributed by atoms with E-state index in [1.165, 1.54) is 12.5 Å². The maximum absolute atomic E-state index is 11.4. The summed E-state index contributed by atoms with van der Waals surface area (Å²) in [4.78, 5) is 20.2. The first-order valence-corrected chi connectivity index (χ1v) is 6.04. The summed E-state index contributed by atoms with van der Waals surface area (Å²) in [7, 11) is 0. The zero-order valence-corrected chi connectivity index (χ0v) is 11.9. The van der Waals surface area contributed by atoms with Crippen LogP contribution in [0.25, 0.3) is 0 Å². The van der Waals surface area contributed by atoms with Gasteiger partial charge in [0.25, 0.3) is 0 Å². The Bertz CT molecular complexity index is 442. The molecule has 94 valence electrons. The van der Waals surface area contributed by atoms with Gasteiger partial charge in [-0.15, -0.1) is 0 Å². The number of Topliss-reactive ketones (excluding diaryl/α,β-unsaturated/α-hetero) is 1. The van der Waals surface area contributed by atoms with Crippen LogP contribution in [-0.2, 0) is 5.41 Å². The summed E-state index contributed by atoms with van der Waals surface area (Å²) < 4.78 is 0. The van der Waals surface area contributed by atoms with E-state index < -0.39 is 0 Å². The van der Waals surface area contributed by atoms with Gasteiger partial charge in [0.05, 0.1) is 5.69 Å². The third kappa shape index (κ3) is 2.90. The van der Waals surface area contributed by atoms with Crippen molar-refractivity contribution in [1.82, 2.24) is 9.97 Å². The quantitative estimate of drug-likeness (QED) is 0.736. The first kappa shape index (κ1) is 13.8. The number of aryl methyl sites for hydroxylation is 1. The number of carbonyl (C=O) groups is 1. The molecule has 0 spiro atoms. The molecule has 0 aliphatic rings. The van der Waals surface area contributed by atoms with Crippen molar-refractivity contribution in [3.63, 3.8) is 0 Å². The molecule has 0 N–H and O–H groups in total. The highest BCUT2D eigenvalue weighted by Gasteiger charge is 2.25. The van der Waals surface area contributed by atoms with Crippen molar-refractivity contribution in [2.75, 3.05) is 0 Å². The van der Waals surface area contributed by atoms with Crippen LogP contribution in [0.4, 0.5) is 0 Å². The highest BCUT2D eigenvalue weighted by Crippen LogP contribution is 2.30. The van der Waals surface area contributed by atoms with Gasteiger partial charge in [-0.25, -0.2) is 9.97 Å². The smallest absolute Gasteiger partial charge is 0.196 e. The zero-order valence-electron chi connectivity index (χ0n) is 11.9. The molecule has 0 aliphatic heterocycles. The van der Waals surface area contributed by atoms with Crippen molar-refractivity contribution in [2.45, 2.75) is 59.8 Å². The van der Waals surface area contributed by atoms with Crippen LogP contribution < -0.4 is 0 Å². The van der Waals surface area contributed by atoms with Crippen molar-refractivity contribution in [2.24, 2.45) is 0 Å². The van der Waals surface area contributed by atoms with E-state index in [2.05, 4.69) is 44.6 Å². The minimum atomic E-state index is -0.0751. The van der Waals surface area contributed by atoms with Gasteiger partial charge >= 0.3 is 0 Å². The summed E-state index contributed by atoms with van der Waals surface area (Å²) in [5, 5.41) is 0. The van der Waals surface area contributed by atoms with Crippen LogP contribution in [0.1, 0.15) is 75.0 Å². The van der Waals surface area contributed by atoms with Gasteiger partial charge in [0, 0.05) is 18.0 Å². The standard InChI is InChI=1S/C14H22N2O/c1-8(2)11-9(3)15-13(10(4)17)16-12(11)14(5,6)7/h8H,1-7H3. The molecule has 0 aromatic carbocycles. The third-order valence-electron chi connectivity index (χ3n) is 2.74. The number of ketones is 1. The van der Waals surface area contributed by atoms with Crippen molar-refractivity contribution in [3.8, 4) is 0 Å². The maximum Gasteiger partial charge on any atom is 0.196 e. The van der Waals surface area contributed by atoms with Crippen LogP contribution >= 0.6 is 0 Å². The number of nitrogens with zero attached hydrogens (tertiary/aromatic N) is 2. The molecule has 3 heteroatoms. The number of hydrogen-bond acceptors (Lipinski definition) is 3. The summed E-state index contributed by atoms with van der Waals surface area (Å²) in [5.74, 6) is 0.621. The van der Waals surface area contributed by atoms with Crippen molar-refractivity contribution in [3.05, 3.63) is 22.8 Å². The average molecular weight is 234 g/mol. The molecule has 0 saturated heterocycles. The van der Waals surface area contributed by atoms with Crippen LogP contribution in [0.5, 0.6) is 0 Å². The second-order valence-corrected chi connectivity index (χ2v) is 5.86. The molecule has 1 aromatic rings. The molecule has 0 saturated carbocycles. The van der Waals surface area contributed by atoms with Crippen LogP contribution in [0.15, 0.2) is 0 Å². The molecule has 0 aliphatic carbocycles. The number of aromatic nitrogens is 2. The minimum Gasteiger partial charge on any atom is -0.291 e. The van der Waals surface area contributed by atoms with Gasteiger partial charge in [-0.2, -0.15) is 0 Å². The highest BCUT2D eigenvalue weighted by atomic mass is 16.1. The summed E-state index contributed by atoms with van der Waals surface area (Å²) in [5.41, 5.74) is 3.01. The molecule has 0 unspecified atom stereocenters. The van der Waals surface area contributed by atoms with Gasteiger partial charge in [-0.05, 0) is 18.4 Å². The van der Waals surface area contributed by atoms with Gasteiger partial charge in [0.2, 0.25) is 0 Å². The lowest BCUT2D eigenvalue weighted by molar-refractivity contribution is 0.100. The van der Waals surface area contributed by atoms with Gasteiger partial charge in [0.1, 0.15) is 0 Å². The number of carbonyl (C=O) groups excluding carboxylic acids is 1. The topological polar surface area (TPSA) is 42.9 Å². The molecule has 0 atom stereocenters. The zero-order chi connectivity index (χ0) is 13.4. The van der Waals surface area contributed by atoms with Crippen molar-refractivity contribution in [1.29, 1.82) is 0 Å². The van der Waals surface area contributed by atoms with Gasteiger partial charge < -0.3 is 0 Å². The predicted molar refractivity (Wildman–Crippen MR) is 69.6 cm³/mol. The van der Waals surface area contributed by atoms with E-state index in [0.29, 0.717) is 11.7 Å². The molecular formula is C14H22N2O. The van der Waals surface area contributed by atoms with E-state index in [1.54, 1.807) is 0 Å². The molecule has 1 rings (SSSR count). The van der Waals surface area contributed by atoms with Crippen LogP contribution in [0.3, 0.4) is 0 Å². The lowest BCUT2D eigenvalue weighted by atomic mass is 9.84. The lowest BCUT2D eigenvalue weighted by Gasteiger charge is -2.25. The first-order chi connectivity index (χ1) is 7.64. The molecule has 1 aromatic heterocycles. The minimum absolute atomic E-state index is 0.0719. The lowest BCUT2D eigenvalue weighted by Crippen LogP contribution is -2.21. The molecule has 17 heavy (non-hydrogen) atoms. The summed E-state index contributed by atoms with van der Waals surface area (Å²) >= 11 is 0. The van der Waals surface area contributed by atoms with Gasteiger partial charge in [0.15, 0.2) is 11.6 Å². The number of rotatable bonds is 2.